The van der Waals surface area contributed by atoms with Crippen molar-refractivity contribution in [3.8, 4) is 0 Å². The van der Waals surface area contributed by atoms with Crippen LogP contribution < -0.4 is 0 Å². The van der Waals surface area contributed by atoms with E-state index in [1.807, 2.05) is 20.8 Å². The molecular weight excluding hydrogens is 416 g/mol. The van der Waals surface area contributed by atoms with Gasteiger partial charge in [0.2, 0.25) is 0 Å². The maximum atomic E-state index is 10.2. The molecule has 0 saturated carbocycles. The van der Waals surface area contributed by atoms with E-state index in [2.05, 4.69) is 0 Å². The highest BCUT2D eigenvalue weighted by Gasteiger charge is 2.04. The Kier molecular flexibility index (Phi) is 145. The Morgan fingerprint density at radius 1 is 0.806 bits per heavy atom. The van der Waals surface area contributed by atoms with E-state index in [-0.39, 0.29) is 92.4 Å². The lowest BCUT2D eigenvalue weighted by atomic mass is 10.3. The highest BCUT2D eigenvalue weighted by molar-refractivity contribution is 7.86. The van der Waals surface area contributed by atoms with Crippen molar-refractivity contribution in [3.63, 3.8) is 0 Å². The van der Waals surface area contributed by atoms with Crippen LogP contribution >= 0.6 is 0 Å². The molecule has 0 fully saturated rings. The molecule has 6 nitrogen and oxygen atoms in total. The molecule has 0 aliphatic rings. The number of carbonyl (C=O) groups excluding carboxylic acids is 1. The van der Waals surface area contributed by atoms with Gasteiger partial charge in [0.1, 0.15) is 0 Å². The van der Waals surface area contributed by atoms with Crippen molar-refractivity contribution in [1.82, 2.24) is 0 Å². The van der Waals surface area contributed by atoms with Gasteiger partial charge in [0.05, 0.1) is 22.3 Å². The van der Waals surface area contributed by atoms with E-state index in [9.17, 15) is 17.8 Å². The van der Waals surface area contributed by atoms with E-state index in [1.54, 1.807) is 13.8 Å². The largest absolute Gasteiger partial charge is 0.748 e. The maximum absolute atomic E-state index is 10.2. The third kappa shape index (κ3) is 93.5. The first-order valence-corrected chi connectivity index (χ1v) is 8.69. The predicted molar refractivity (Wildman–Crippen MR) is 150 cm³/mol. The first kappa shape index (κ1) is 87.0. The van der Waals surface area contributed by atoms with Gasteiger partial charge in [-0.1, -0.05) is 87.6 Å². The molecule has 0 aromatic carbocycles. The number of rotatable bonds is 5. The van der Waals surface area contributed by atoms with E-state index in [0.29, 0.717) is 6.42 Å². The second-order valence-corrected chi connectivity index (χ2v) is 6.59. The zero-order chi connectivity index (χ0) is 17.6. The fourth-order valence-corrected chi connectivity index (χ4v) is 0.979. The highest BCUT2D eigenvalue weighted by atomic mass is 32.2. The Morgan fingerprint density at radius 3 is 1.10 bits per heavy atom. The van der Waals surface area contributed by atoms with E-state index in [4.69, 9.17) is 9.84 Å². The fraction of sp³-hybridized carbons (Fsp3) is 0.917. The van der Waals surface area contributed by atoms with Crippen LogP contribution in [0.25, 0.3) is 0 Å². The molecule has 0 aromatic heterocycles. The van der Waals surface area contributed by atoms with Crippen molar-refractivity contribution >= 4 is 16.1 Å². The number of hydrogen-bond donors (Lipinski definition) is 1. The Hall–Kier alpha value is -0.790. The fourth-order valence-electron chi connectivity index (χ4n) is 0.571. The average Bonchev–Trinajstić information content (AvgIpc) is 2.37. The monoisotopic (exact) mass is 486 g/mol. The smallest absolute Gasteiger partial charge is 0.302 e. The number of esters is 1. The van der Waals surface area contributed by atoms with Crippen LogP contribution in [0, 0.1) is 7.43 Å². The highest BCUT2D eigenvalue weighted by Crippen LogP contribution is 1.99. The summed E-state index contributed by atoms with van der Waals surface area (Å²) < 4.78 is 34.8. The second kappa shape index (κ2) is 51.7. The Bertz CT molecular complexity index is 342. The molecule has 208 valence electrons. The summed E-state index contributed by atoms with van der Waals surface area (Å²) in [6.07, 6.45) is 2.10. The summed E-state index contributed by atoms with van der Waals surface area (Å²) >= 11 is 0. The van der Waals surface area contributed by atoms with Crippen molar-refractivity contribution in [3.05, 3.63) is 7.43 Å². The molecule has 0 radical (unpaired) electrons. The van der Waals surface area contributed by atoms with E-state index in [1.165, 1.54) is 13.8 Å². The Morgan fingerprint density at radius 2 is 1.06 bits per heavy atom. The third-order valence-electron chi connectivity index (χ3n) is 2.60. The summed E-state index contributed by atoms with van der Waals surface area (Å²) in [6.45, 7) is 12.1. The summed E-state index contributed by atoms with van der Waals surface area (Å²) in [5.41, 5.74) is 0. The summed E-state index contributed by atoms with van der Waals surface area (Å²) in [4.78, 5) is 10.2. The standard InChI is InChI=1S/C6H12O2.C4H10O3S.C4H10O.9CH4.CH3/c1-4-5(2)8-6(3)7;1-3-4(2)8(5,6)7;1-3-4(2)5;;;;;;;;;;/h5H,4H2,1-3H3;4H,3H2,1-2H3,(H,5,6,7);4-5H,3H2,1-2H3;9*1H4;1H3/q;;;;;;;;;;;;+1/p-1. The van der Waals surface area contributed by atoms with Gasteiger partial charge in [-0.25, -0.2) is 8.42 Å². The van der Waals surface area contributed by atoms with Gasteiger partial charge in [-0.15, -0.1) is 0 Å². The molecule has 0 rings (SSSR count). The van der Waals surface area contributed by atoms with Gasteiger partial charge in [-0.3, -0.25) is 4.79 Å². The average molecular weight is 487 g/mol. The predicted octanol–water partition coefficient (Wildman–Crippen LogP) is 8.63. The van der Waals surface area contributed by atoms with Crippen molar-refractivity contribution in [2.75, 3.05) is 0 Å². The molecule has 0 aliphatic heterocycles. The lowest BCUT2D eigenvalue weighted by molar-refractivity contribution is -0.145. The number of aliphatic hydroxyl groups is 1. The van der Waals surface area contributed by atoms with Crippen LogP contribution in [0.4, 0.5) is 0 Å². The van der Waals surface area contributed by atoms with Gasteiger partial charge in [0.25, 0.3) is 0 Å². The van der Waals surface area contributed by atoms with Crippen LogP contribution in [0.1, 0.15) is 135 Å². The summed E-state index contributed by atoms with van der Waals surface area (Å²) in [6, 6.07) is 0. The number of hydrogen-bond acceptors (Lipinski definition) is 6. The van der Waals surface area contributed by atoms with Crippen molar-refractivity contribution in [2.45, 2.75) is 152 Å². The molecule has 0 amide bonds. The van der Waals surface area contributed by atoms with Gasteiger partial charge < -0.3 is 14.4 Å². The maximum Gasteiger partial charge on any atom is 0.302 e. The zero-order valence-corrected chi connectivity index (χ0v) is 16.1. The van der Waals surface area contributed by atoms with Crippen LogP contribution in [0.5, 0.6) is 0 Å². The van der Waals surface area contributed by atoms with Crippen LogP contribution in [0.2, 0.25) is 0 Å². The first-order chi connectivity index (χ1) is 9.42. The summed E-state index contributed by atoms with van der Waals surface area (Å²) in [5.74, 6) is -0.195. The van der Waals surface area contributed by atoms with Crippen molar-refractivity contribution in [1.29, 1.82) is 0 Å². The zero-order valence-electron chi connectivity index (χ0n) is 15.3. The lowest BCUT2D eigenvalue weighted by Crippen LogP contribution is -2.14. The molecule has 0 bridgehead atoms. The molecule has 31 heavy (non-hydrogen) atoms. The quantitative estimate of drug-likeness (QED) is 0.237. The normalized spacial score (nSPS) is 9.84. The van der Waals surface area contributed by atoms with Gasteiger partial charge in [0.15, 0.2) is 0 Å². The van der Waals surface area contributed by atoms with Crippen LogP contribution in [-0.4, -0.2) is 41.5 Å². The number of ether oxygens (including phenoxy) is 1. The van der Waals surface area contributed by atoms with Gasteiger partial charge in [-0.2, -0.15) is 0 Å². The molecule has 0 heterocycles. The molecule has 3 unspecified atom stereocenters. The minimum Gasteiger partial charge on any atom is -0.748 e. The van der Waals surface area contributed by atoms with E-state index < -0.39 is 15.4 Å². The van der Waals surface area contributed by atoms with Crippen molar-refractivity contribution in [2.24, 2.45) is 0 Å². The number of aliphatic hydroxyl groups excluding tert-OH is 1. The van der Waals surface area contributed by atoms with Crippen LogP contribution in [0.3, 0.4) is 0 Å². The van der Waals surface area contributed by atoms with E-state index >= 15 is 0 Å². The first-order valence-electron chi connectivity index (χ1n) is 7.22. The van der Waals surface area contributed by atoms with Gasteiger partial charge >= 0.3 is 5.97 Å². The molecule has 0 aromatic rings. The van der Waals surface area contributed by atoms with Crippen molar-refractivity contribution < 1.29 is 27.6 Å². The molecule has 1 N–H and O–H groups in total. The molecule has 0 saturated heterocycles. The summed E-state index contributed by atoms with van der Waals surface area (Å²) in [5, 5.41) is 7.63. The molecule has 7 heteroatoms. The molecule has 0 spiro atoms. The Balaban J connectivity index is -0.0000000125. The van der Waals surface area contributed by atoms with Crippen LogP contribution in [-0.2, 0) is 19.6 Å². The molecule has 3 atom stereocenters. The second-order valence-electron chi connectivity index (χ2n) is 4.80. The minimum absolute atomic E-state index is 0. The minimum atomic E-state index is -4.00. The van der Waals surface area contributed by atoms with E-state index in [0.717, 1.165) is 12.8 Å². The number of carbonyl (C=O) groups is 1. The van der Waals surface area contributed by atoms with Gasteiger partial charge in [0, 0.05) is 19.6 Å². The van der Waals surface area contributed by atoms with Gasteiger partial charge in [-0.05, 0) is 40.0 Å². The third-order valence-corrected chi connectivity index (χ3v) is 3.92. The lowest BCUT2D eigenvalue weighted by Gasteiger charge is -2.12. The van der Waals surface area contributed by atoms with Crippen LogP contribution in [0.15, 0.2) is 0 Å². The topological polar surface area (TPSA) is 104 Å². The Labute approximate surface area is 203 Å². The SMILES string of the molecule is C.C.C.C.C.C.C.C.C.CCC(C)O.CCC(C)OC(C)=O.CCC(C)S(=O)(=O)[O-].[CH3+]. The summed E-state index contributed by atoms with van der Waals surface area (Å²) in [7, 11) is -4.00. The molecular formula is C24H70O6S. The molecule has 0 aliphatic carbocycles.